The van der Waals surface area contributed by atoms with Crippen LogP contribution in [0.2, 0.25) is 0 Å². The third-order valence-electron chi connectivity index (χ3n) is 4.62. The summed E-state index contributed by atoms with van der Waals surface area (Å²) in [6.07, 6.45) is 4.08. The zero-order valence-electron chi connectivity index (χ0n) is 14.6. The fourth-order valence-corrected chi connectivity index (χ4v) is 3.14. The molecule has 1 aromatic heterocycles. The number of ether oxygens (including phenoxy) is 1. The quantitative estimate of drug-likeness (QED) is 0.554. The Morgan fingerprint density at radius 1 is 1.42 bits per heavy atom. The first kappa shape index (κ1) is 18.3. The molecule has 0 aliphatic carbocycles. The lowest BCUT2D eigenvalue weighted by molar-refractivity contribution is -0.0931. The third kappa shape index (κ3) is 3.41. The molecule has 0 saturated carbocycles. The number of benzene rings is 1. The van der Waals surface area contributed by atoms with Crippen LogP contribution in [0.1, 0.15) is 33.2 Å². The maximum atomic E-state index is 12.9. The highest BCUT2D eigenvalue weighted by atomic mass is 16.5. The zero-order valence-corrected chi connectivity index (χ0v) is 14.6. The first-order chi connectivity index (χ1) is 12.3. The van der Waals surface area contributed by atoms with Gasteiger partial charge in [0.15, 0.2) is 0 Å². The average molecular weight is 357 g/mol. The van der Waals surface area contributed by atoms with Gasteiger partial charge in [-0.1, -0.05) is 6.07 Å². The van der Waals surface area contributed by atoms with E-state index < -0.39 is 12.7 Å². The monoisotopic (exact) mass is 357 g/mol. The number of rotatable bonds is 4. The van der Waals surface area contributed by atoms with Gasteiger partial charge in [-0.15, -0.1) is 0 Å². The SMILES string of the molecule is Cn1cc(C2(C)CN(C(=O)c3ccc(B(O)O)c(C=O)c3)CCO2)cn1. The van der Waals surface area contributed by atoms with Crippen molar-refractivity contribution in [3.8, 4) is 0 Å². The molecule has 3 rings (SSSR count). The molecular formula is C17H20BN3O5. The van der Waals surface area contributed by atoms with Crippen LogP contribution in [0.25, 0.3) is 0 Å². The number of carbonyl (C=O) groups is 2. The lowest BCUT2D eigenvalue weighted by Crippen LogP contribution is -2.50. The van der Waals surface area contributed by atoms with E-state index in [1.54, 1.807) is 15.8 Å². The Bertz CT molecular complexity index is 838. The van der Waals surface area contributed by atoms with Crippen molar-refractivity contribution in [2.45, 2.75) is 12.5 Å². The standard InChI is InChI=1S/C17H20BN3O5/c1-17(14-8-19-20(2)9-14)11-21(5-6-26-17)16(23)12-3-4-15(18(24)25)13(7-12)10-22/h3-4,7-10,24-25H,5-6,11H2,1-2H3. The van der Waals surface area contributed by atoms with Crippen LogP contribution in [-0.2, 0) is 17.4 Å². The molecule has 1 aromatic carbocycles. The van der Waals surface area contributed by atoms with Gasteiger partial charge in [0, 0.05) is 36.5 Å². The van der Waals surface area contributed by atoms with E-state index in [0.717, 1.165) is 5.56 Å². The van der Waals surface area contributed by atoms with Crippen LogP contribution in [0.4, 0.5) is 0 Å². The van der Waals surface area contributed by atoms with Crippen LogP contribution in [0.15, 0.2) is 30.6 Å². The Morgan fingerprint density at radius 2 is 2.19 bits per heavy atom. The van der Waals surface area contributed by atoms with E-state index in [9.17, 15) is 19.6 Å². The summed E-state index contributed by atoms with van der Waals surface area (Å²) < 4.78 is 7.59. The van der Waals surface area contributed by atoms with Gasteiger partial charge < -0.3 is 19.7 Å². The zero-order chi connectivity index (χ0) is 18.9. The van der Waals surface area contributed by atoms with Crippen LogP contribution < -0.4 is 5.46 Å². The van der Waals surface area contributed by atoms with Gasteiger partial charge in [-0.3, -0.25) is 14.3 Å². The molecule has 1 aliphatic heterocycles. The smallest absolute Gasteiger partial charge is 0.423 e. The van der Waals surface area contributed by atoms with Crippen molar-refractivity contribution in [1.29, 1.82) is 0 Å². The van der Waals surface area contributed by atoms with Crippen LogP contribution in [0.5, 0.6) is 0 Å². The highest BCUT2D eigenvalue weighted by Crippen LogP contribution is 2.29. The topological polar surface area (TPSA) is 105 Å². The Kier molecular flexibility index (Phi) is 4.95. The predicted octanol–water partition coefficient (Wildman–Crippen LogP) is -0.700. The summed E-state index contributed by atoms with van der Waals surface area (Å²) in [5, 5.41) is 22.7. The Morgan fingerprint density at radius 3 is 2.81 bits per heavy atom. The number of hydrogen-bond acceptors (Lipinski definition) is 6. The number of aryl methyl sites for hydroxylation is 1. The van der Waals surface area contributed by atoms with E-state index in [2.05, 4.69) is 5.10 Å². The third-order valence-corrected chi connectivity index (χ3v) is 4.62. The maximum absolute atomic E-state index is 12.9. The molecule has 1 saturated heterocycles. The van der Waals surface area contributed by atoms with Crippen LogP contribution in [0.3, 0.4) is 0 Å². The van der Waals surface area contributed by atoms with E-state index in [1.165, 1.54) is 18.2 Å². The predicted molar refractivity (Wildman–Crippen MR) is 94.1 cm³/mol. The molecule has 8 nitrogen and oxygen atoms in total. The molecule has 2 N–H and O–H groups in total. The van der Waals surface area contributed by atoms with Crippen molar-refractivity contribution in [2.24, 2.45) is 7.05 Å². The normalized spacial score (nSPS) is 20.1. The van der Waals surface area contributed by atoms with Crippen molar-refractivity contribution in [2.75, 3.05) is 19.7 Å². The molecule has 26 heavy (non-hydrogen) atoms. The van der Waals surface area contributed by atoms with Gasteiger partial charge in [-0.25, -0.2) is 0 Å². The number of hydrogen-bond donors (Lipinski definition) is 2. The number of aldehydes is 1. The van der Waals surface area contributed by atoms with E-state index in [1.807, 2.05) is 20.2 Å². The molecule has 1 atom stereocenters. The van der Waals surface area contributed by atoms with Crippen molar-refractivity contribution < 1.29 is 24.4 Å². The average Bonchev–Trinajstić information content (AvgIpc) is 3.07. The first-order valence-corrected chi connectivity index (χ1v) is 8.21. The van der Waals surface area contributed by atoms with E-state index in [0.29, 0.717) is 31.5 Å². The van der Waals surface area contributed by atoms with E-state index in [4.69, 9.17) is 4.74 Å². The largest absolute Gasteiger partial charge is 0.489 e. The van der Waals surface area contributed by atoms with E-state index in [-0.39, 0.29) is 16.9 Å². The summed E-state index contributed by atoms with van der Waals surface area (Å²) in [7, 11) is 0.0491. The van der Waals surface area contributed by atoms with Crippen LogP contribution >= 0.6 is 0 Å². The van der Waals surface area contributed by atoms with Gasteiger partial charge in [0.05, 0.1) is 19.3 Å². The lowest BCUT2D eigenvalue weighted by atomic mass is 9.76. The molecule has 136 valence electrons. The summed E-state index contributed by atoms with van der Waals surface area (Å²) in [4.78, 5) is 25.7. The highest BCUT2D eigenvalue weighted by Gasteiger charge is 2.37. The number of carbonyl (C=O) groups excluding carboxylic acids is 2. The fraction of sp³-hybridized carbons (Fsp3) is 0.353. The van der Waals surface area contributed by atoms with Crippen molar-refractivity contribution in [3.63, 3.8) is 0 Å². The molecule has 1 unspecified atom stereocenters. The second-order valence-corrected chi connectivity index (χ2v) is 6.54. The minimum Gasteiger partial charge on any atom is -0.423 e. The van der Waals surface area contributed by atoms with Crippen molar-refractivity contribution >= 4 is 24.8 Å². The van der Waals surface area contributed by atoms with Gasteiger partial charge in [-0.05, 0) is 24.5 Å². The summed E-state index contributed by atoms with van der Waals surface area (Å²) in [6.45, 7) is 3.06. The van der Waals surface area contributed by atoms with Gasteiger partial charge in [-0.2, -0.15) is 5.10 Å². The Labute approximate surface area is 151 Å². The number of amides is 1. The molecule has 2 aromatic rings. The molecule has 1 aliphatic rings. The highest BCUT2D eigenvalue weighted by molar-refractivity contribution is 6.60. The molecule has 9 heteroatoms. The maximum Gasteiger partial charge on any atom is 0.489 e. The Balaban J connectivity index is 1.84. The summed E-state index contributed by atoms with van der Waals surface area (Å²) in [5.74, 6) is -0.245. The van der Waals surface area contributed by atoms with Gasteiger partial charge in [0.1, 0.15) is 11.9 Å². The van der Waals surface area contributed by atoms with Crippen LogP contribution in [0, 0.1) is 0 Å². The molecule has 0 bridgehead atoms. The molecule has 1 fully saturated rings. The van der Waals surface area contributed by atoms with Gasteiger partial charge in [0.25, 0.3) is 5.91 Å². The molecule has 1 amide bonds. The second kappa shape index (κ2) is 7.03. The van der Waals surface area contributed by atoms with Crippen LogP contribution in [-0.4, -0.2) is 63.7 Å². The number of morpholine rings is 1. The fourth-order valence-electron chi connectivity index (χ4n) is 3.14. The number of aromatic nitrogens is 2. The van der Waals surface area contributed by atoms with E-state index >= 15 is 0 Å². The van der Waals surface area contributed by atoms with Gasteiger partial charge >= 0.3 is 7.12 Å². The Hall–Kier alpha value is -2.49. The molecule has 2 heterocycles. The molecular weight excluding hydrogens is 337 g/mol. The van der Waals surface area contributed by atoms with Gasteiger partial charge in [0.2, 0.25) is 0 Å². The summed E-state index contributed by atoms with van der Waals surface area (Å²) in [6, 6.07) is 4.24. The second-order valence-electron chi connectivity index (χ2n) is 6.54. The minimum atomic E-state index is -1.77. The lowest BCUT2D eigenvalue weighted by Gasteiger charge is -2.40. The van der Waals surface area contributed by atoms with Crippen molar-refractivity contribution in [3.05, 3.63) is 47.3 Å². The minimum absolute atomic E-state index is 0.0683. The molecule has 0 spiro atoms. The number of nitrogens with zero attached hydrogens (tertiary/aromatic N) is 3. The summed E-state index contributed by atoms with van der Waals surface area (Å²) in [5.41, 5.74) is 0.668. The summed E-state index contributed by atoms with van der Waals surface area (Å²) >= 11 is 0. The first-order valence-electron chi connectivity index (χ1n) is 8.21. The van der Waals surface area contributed by atoms with Crippen molar-refractivity contribution in [1.82, 2.24) is 14.7 Å². The molecule has 0 radical (unpaired) electrons.